The van der Waals surface area contributed by atoms with Crippen molar-refractivity contribution < 1.29 is 23.0 Å². The Balaban J connectivity index is 1.58. The van der Waals surface area contributed by atoms with Gasteiger partial charge in [0.25, 0.3) is 0 Å². The van der Waals surface area contributed by atoms with E-state index in [4.69, 9.17) is 4.74 Å². The minimum atomic E-state index is -2.93. The lowest BCUT2D eigenvalue weighted by molar-refractivity contribution is -0.0498. The molecule has 0 fully saturated rings. The molecule has 0 aliphatic rings. The van der Waals surface area contributed by atoms with E-state index in [9.17, 15) is 13.6 Å². The second-order valence-corrected chi connectivity index (χ2v) is 5.95. The molecule has 0 spiro atoms. The molecule has 0 heterocycles. The molecule has 0 atom stereocenters. The number of carbonyl (C=O) groups is 1. The summed E-state index contributed by atoms with van der Waals surface area (Å²) in [6, 6.07) is 22.9. The van der Waals surface area contributed by atoms with E-state index in [2.05, 4.69) is 4.74 Å². The van der Waals surface area contributed by atoms with E-state index in [1.54, 1.807) is 12.1 Å². The molecule has 3 rings (SSSR count). The standard InChI is InChI=1S/C23H18F2O3/c24-23(25)28-21-8-4-7-19(15-21)22(26)14-11-17-9-12-20(13-10-17)27-16-18-5-2-1-3-6-18/h1-15,23H,16H2/b14-11+. The molecule has 0 saturated heterocycles. The minimum Gasteiger partial charge on any atom is -0.489 e. The fourth-order valence-corrected chi connectivity index (χ4v) is 2.51. The van der Waals surface area contributed by atoms with Crippen LogP contribution in [0.1, 0.15) is 21.5 Å². The van der Waals surface area contributed by atoms with Crippen molar-refractivity contribution >= 4 is 11.9 Å². The zero-order valence-corrected chi connectivity index (χ0v) is 14.9. The van der Waals surface area contributed by atoms with Gasteiger partial charge in [-0.25, -0.2) is 0 Å². The van der Waals surface area contributed by atoms with E-state index < -0.39 is 6.61 Å². The summed E-state index contributed by atoms with van der Waals surface area (Å²) in [6.45, 7) is -2.45. The van der Waals surface area contributed by atoms with Gasteiger partial charge in [0.05, 0.1) is 0 Å². The predicted molar refractivity (Wildman–Crippen MR) is 104 cm³/mol. The van der Waals surface area contributed by atoms with E-state index in [0.717, 1.165) is 16.9 Å². The summed E-state index contributed by atoms with van der Waals surface area (Å²) >= 11 is 0. The summed E-state index contributed by atoms with van der Waals surface area (Å²) < 4.78 is 34.6. The third-order valence-corrected chi connectivity index (χ3v) is 3.90. The van der Waals surface area contributed by atoms with Crippen LogP contribution in [0, 0.1) is 0 Å². The van der Waals surface area contributed by atoms with Gasteiger partial charge in [-0.1, -0.05) is 60.7 Å². The molecular formula is C23H18F2O3. The molecule has 0 aliphatic heterocycles. The van der Waals surface area contributed by atoms with Gasteiger partial charge in [0.1, 0.15) is 18.1 Å². The smallest absolute Gasteiger partial charge is 0.387 e. The van der Waals surface area contributed by atoms with Gasteiger partial charge < -0.3 is 9.47 Å². The van der Waals surface area contributed by atoms with Gasteiger partial charge in [-0.15, -0.1) is 0 Å². The van der Waals surface area contributed by atoms with Crippen LogP contribution in [0.15, 0.2) is 84.9 Å². The Morgan fingerprint density at radius 1 is 0.893 bits per heavy atom. The lowest BCUT2D eigenvalue weighted by Gasteiger charge is -2.06. The number of allylic oxidation sites excluding steroid dienone is 1. The van der Waals surface area contributed by atoms with Gasteiger partial charge in [0, 0.05) is 5.56 Å². The van der Waals surface area contributed by atoms with Crippen molar-refractivity contribution in [2.45, 2.75) is 13.2 Å². The fraction of sp³-hybridized carbons (Fsp3) is 0.0870. The van der Waals surface area contributed by atoms with Crippen LogP contribution < -0.4 is 9.47 Å². The molecule has 3 aromatic carbocycles. The molecule has 3 aromatic rings. The first-order valence-electron chi connectivity index (χ1n) is 8.64. The van der Waals surface area contributed by atoms with Crippen LogP contribution in [0.4, 0.5) is 8.78 Å². The Morgan fingerprint density at radius 2 is 1.64 bits per heavy atom. The first-order valence-corrected chi connectivity index (χ1v) is 8.64. The van der Waals surface area contributed by atoms with Gasteiger partial charge in [-0.2, -0.15) is 8.78 Å². The van der Waals surface area contributed by atoms with Crippen molar-refractivity contribution in [2.75, 3.05) is 0 Å². The number of ether oxygens (including phenoxy) is 2. The van der Waals surface area contributed by atoms with Crippen molar-refractivity contribution in [3.63, 3.8) is 0 Å². The van der Waals surface area contributed by atoms with Gasteiger partial charge in [0.15, 0.2) is 5.78 Å². The molecule has 0 bridgehead atoms. The molecule has 28 heavy (non-hydrogen) atoms. The number of hydrogen-bond acceptors (Lipinski definition) is 3. The van der Waals surface area contributed by atoms with E-state index in [1.165, 1.54) is 24.3 Å². The highest BCUT2D eigenvalue weighted by Crippen LogP contribution is 2.18. The van der Waals surface area contributed by atoms with Gasteiger partial charge in [-0.3, -0.25) is 4.79 Å². The summed E-state index contributed by atoms with van der Waals surface area (Å²) in [5.74, 6) is 0.377. The van der Waals surface area contributed by atoms with Crippen LogP contribution in [0.5, 0.6) is 11.5 Å². The summed E-state index contributed by atoms with van der Waals surface area (Å²) in [7, 11) is 0. The van der Waals surface area contributed by atoms with E-state index in [0.29, 0.717) is 6.61 Å². The van der Waals surface area contributed by atoms with Crippen LogP contribution in [-0.2, 0) is 6.61 Å². The number of alkyl halides is 2. The largest absolute Gasteiger partial charge is 0.489 e. The monoisotopic (exact) mass is 380 g/mol. The molecular weight excluding hydrogens is 362 g/mol. The fourth-order valence-electron chi connectivity index (χ4n) is 2.51. The van der Waals surface area contributed by atoms with Crippen molar-refractivity contribution in [1.29, 1.82) is 0 Å². The molecule has 0 saturated carbocycles. The second-order valence-electron chi connectivity index (χ2n) is 5.95. The zero-order valence-electron chi connectivity index (χ0n) is 14.9. The zero-order chi connectivity index (χ0) is 19.8. The summed E-state index contributed by atoms with van der Waals surface area (Å²) in [5, 5.41) is 0. The number of halogens is 2. The van der Waals surface area contributed by atoms with Gasteiger partial charge in [-0.05, 0) is 41.5 Å². The number of benzene rings is 3. The molecule has 3 nitrogen and oxygen atoms in total. The number of hydrogen-bond donors (Lipinski definition) is 0. The molecule has 0 N–H and O–H groups in total. The number of carbonyl (C=O) groups excluding carboxylic acids is 1. The highest BCUT2D eigenvalue weighted by Gasteiger charge is 2.07. The van der Waals surface area contributed by atoms with Crippen LogP contribution in [0.25, 0.3) is 6.08 Å². The molecule has 0 aromatic heterocycles. The Labute approximate surface area is 161 Å². The van der Waals surface area contributed by atoms with E-state index >= 15 is 0 Å². The Morgan fingerprint density at radius 3 is 2.36 bits per heavy atom. The molecule has 0 amide bonds. The maximum absolute atomic E-state index is 12.3. The van der Waals surface area contributed by atoms with Crippen molar-refractivity contribution in [2.24, 2.45) is 0 Å². The molecule has 0 unspecified atom stereocenters. The second kappa shape index (κ2) is 9.46. The van der Waals surface area contributed by atoms with Gasteiger partial charge in [0.2, 0.25) is 0 Å². The Kier molecular flexibility index (Phi) is 6.52. The maximum Gasteiger partial charge on any atom is 0.387 e. The highest BCUT2D eigenvalue weighted by atomic mass is 19.3. The van der Waals surface area contributed by atoms with Crippen molar-refractivity contribution in [3.05, 3.63) is 102 Å². The van der Waals surface area contributed by atoms with Crippen LogP contribution >= 0.6 is 0 Å². The number of rotatable bonds is 8. The molecule has 0 aliphatic carbocycles. The highest BCUT2D eigenvalue weighted by molar-refractivity contribution is 6.07. The third kappa shape index (κ3) is 5.77. The van der Waals surface area contributed by atoms with E-state index in [-0.39, 0.29) is 17.1 Å². The minimum absolute atomic E-state index is 0.0471. The van der Waals surface area contributed by atoms with Crippen LogP contribution in [-0.4, -0.2) is 12.4 Å². The molecule has 0 radical (unpaired) electrons. The quantitative estimate of drug-likeness (QED) is 0.368. The van der Waals surface area contributed by atoms with Crippen molar-refractivity contribution in [3.8, 4) is 11.5 Å². The summed E-state index contributed by atoms with van der Waals surface area (Å²) in [6.07, 6.45) is 3.05. The first-order chi connectivity index (χ1) is 13.6. The average Bonchev–Trinajstić information content (AvgIpc) is 2.72. The first kappa shape index (κ1) is 19.3. The third-order valence-electron chi connectivity index (χ3n) is 3.90. The van der Waals surface area contributed by atoms with Crippen LogP contribution in [0.2, 0.25) is 0 Å². The molecule has 142 valence electrons. The SMILES string of the molecule is O=C(/C=C/c1ccc(OCc2ccccc2)cc1)c1cccc(OC(F)F)c1. The van der Waals surface area contributed by atoms with E-state index in [1.807, 2.05) is 54.6 Å². The lowest BCUT2D eigenvalue weighted by atomic mass is 10.1. The summed E-state index contributed by atoms with van der Waals surface area (Å²) in [4.78, 5) is 12.2. The molecule has 5 heteroatoms. The van der Waals surface area contributed by atoms with Gasteiger partial charge >= 0.3 is 6.61 Å². The van der Waals surface area contributed by atoms with Crippen LogP contribution in [0.3, 0.4) is 0 Å². The Bertz CT molecular complexity index is 936. The normalized spacial score (nSPS) is 11.0. The lowest BCUT2D eigenvalue weighted by Crippen LogP contribution is -2.03. The average molecular weight is 380 g/mol. The number of ketones is 1. The predicted octanol–water partition coefficient (Wildman–Crippen LogP) is 5.76. The Hall–Kier alpha value is -3.47. The van der Waals surface area contributed by atoms with Crippen molar-refractivity contribution in [1.82, 2.24) is 0 Å². The summed E-state index contributed by atoms with van der Waals surface area (Å²) in [5.41, 5.74) is 2.17. The maximum atomic E-state index is 12.3. The topological polar surface area (TPSA) is 35.5 Å².